The van der Waals surface area contributed by atoms with E-state index in [0.29, 0.717) is 0 Å². The lowest BCUT2D eigenvalue weighted by atomic mass is 9.77. The van der Waals surface area contributed by atoms with Crippen LogP contribution in [0.25, 0.3) is 31.0 Å². The van der Waals surface area contributed by atoms with Gasteiger partial charge in [0.05, 0.1) is 4.88 Å². The molecule has 1 aromatic carbocycles. The fourth-order valence-corrected chi connectivity index (χ4v) is 7.46. The first-order chi connectivity index (χ1) is 17.1. The maximum atomic E-state index is 13.1. The van der Waals surface area contributed by atoms with Crippen LogP contribution in [-0.4, -0.2) is 51.6 Å². The van der Waals surface area contributed by atoms with Crippen LogP contribution in [0.15, 0.2) is 42.5 Å². The zero-order valence-electron chi connectivity index (χ0n) is 22.4. The Morgan fingerprint density at radius 3 is 2.47 bits per heavy atom. The Kier molecular flexibility index (Phi) is 6.46. The third-order valence-corrected chi connectivity index (χ3v) is 9.87. The van der Waals surface area contributed by atoms with Gasteiger partial charge in [0.25, 0.3) is 5.91 Å². The van der Waals surface area contributed by atoms with Crippen molar-refractivity contribution in [1.29, 1.82) is 0 Å². The zero-order chi connectivity index (χ0) is 25.8. The van der Waals surface area contributed by atoms with Crippen molar-refractivity contribution in [2.75, 3.05) is 45.7 Å². The molecule has 188 valence electrons. The van der Waals surface area contributed by atoms with Gasteiger partial charge in [-0.2, -0.15) is 0 Å². The summed E-state index contributed by atoms with van der Waals surface area (Å²) >= 11 is 3.49. The second kappa shape index (κ2) is 9.31. The maximum absolute atomic E-state index is 13.1. The van der Waals surface area contributed by atoms with Gasteiger partial charge in [0.2, 0.25) is 5.36 Å². The molecule has 0 unspecified atom stereocenters. The molecule has 0 fully saturated rings. The van der Waals surface area contributed by atoms with E-state index in [0.717, 1.165) is 35.8 Å². The van der Waals surface area contributed by atoms with Gasteiger partial charge >= 0.3 is 0 Å². The highest BCUT2D eigenvalue weighted by molar-refractivity contribution is 7.22. The molecule has 4 nitrogen and oxygen atoms in total. The highest BCUT2D eigenvalue weighted by Gasteiger charge is 2.31. The van der Waals surface area contributed by atoms with Gasteiger partial charge in [0.1, 0.15) is 14.1 Å². The summed E-state index contributed by atoms with van der Waals surface area (Å²) in [7, 11) is 6.39. The number of carbonyl (C=O) groups is 1. The Hall–Kier alpha value is -2.70. The predicted octanol–water partition coefficient (Wildman–Crippen LogP) is 6.37. The Labute approximate surface area is 222 Å². The number of benzene rings is 2. The van der Waals surface area contributed by atoms with Crippen molar-refractivity contribution < 1.29 is 4.79 Å². The van der Waals surface area contributed by atoms with Crippen LogP contribution in [-0.2, 0) is 5.41 Å². The summed E-state index contributed by atoms with van der Waals surface area (Å²) in [5.41, 5.74) is 5.38. The van der Waals surface area contributed by atoms with E-state index in [-0.39, 0.29) is 11.3 Å². The minimum atomic E-state index is 0.124. The number of hydrogen-bond acceptors (Lipinski definition) is 4. The Morgan fingerprint density at radius 2 is 1.78 bits per heavy atom. The number of carbonyl (C=O) groups excluding carboxylic acids is 1. The molecular formula is C30H36N3OS2+. The van der Waals surface area contributed by atoms with Crippen molar-refractivity contribution in [3.63, 3.8) is 0 Å². The average Bonchev–Trinajstić information content (AvgIpc) is 3.34. The molecule has 1 amide bonds. The van der Waals surface area contributed by atoms with Crippen LogP contribution in [0.3, 0.4) is 0 Å². The molecule has 1 aliphatic carbocycles. The molecule has 6 heteroatoms. The smallest absolute Gasteiger partial charge is 0.263 e. The highest BCUT2D eigenvalue weighted by atomic mass is 32.1. The molecule has 1 aromatic heterocycles. The van der Waals surface area contributed by atoms with Crippen molar-refractivity contribution in [1.82, 2.24) is 9.48 Å². The van der Waals surface area contributed by atoms with E-state index < -0.39 is 0 Å². The molecule has 3 heterocycles. The first kappa shape index (κ1) is 25.0. The van der Waals surface area contributed by atoms with E-state index >= 15 is 0 Å². The molecule has 5 rings (SSSR count). The van der Waals surface area contributed by atoms with Gasteiger partial charge in [-0.3, -0.25) is 4.79 Å². The van der Waals surface area contributed by atoms with Gasteiger partial charge in [-0.05, 0) is 61.6 Å². The Balaban J connectivity index is 1.82. The fourth-order valence-electron chi connectivity index (χ4n) is 5.27. The predicted molar refractivity (Wildman–Crippen MR) is 157 cm³/mol. The second-order valence-corrected chi connectivity index (χ2v) is 12.8. The van der Waals surface area contributed by atoms with Gasteiger partial charge in [-0.25, -0.2) is 4.58 Å². The molecule has 36 heavy (non-hydrogen) atoms. The normalized spacial score (nSPS) is 14.8. The van der Waals surface area contributed by atoms with Crippen LogP contribution in [0.2, 0.25) is 0 Å². The summed E-state index contributed by atoms with van der Waals surface area (Å²) in [4.78, 5) is 20.7. The van der Waals surface area contributed by atoms with Crippen molar-refractivity contribution in [2.45, 2.75) is 39.5 Å². The molecular weight excluding hydrogens is 482 g/mol. The first-order valence-electron chi connectivity index (χ1n) is 12.8. The lowest BCUT2D eigenvalue weighted by Gasteiger charge is -2.39. The van der Waals surface area contributed by atoms with Gasteiger partial charge in [-0.1, -0.05) is 13.8 Å². The molecule has 3 aliphatic rings. The van der Waals surface area contributed by atoms with E-state index in [9.17, 15) is 4.79 Å². The Morgan fingerprint density at radius 1 is 1.03 bits per heavy atom. The van der Waals surface area contributed by atoms with Crippen molar-refractivity contribution in [2.24, 2.45) is 0 Å². The third-order valence-electron chi connectivity index (χ3n) is 7.66. The summed E-state index contributed by atoms with van der Waals surface area (Å²) < 4.78 is 3.45. The zero-order valence-corrected chi connectivity index (χ0v) is 24.1. The average molecular weight is 519 g/mol. The van der Waals surface area contributed by atoms with Gasteiger partial charge in [-0.15, -0.1) is 22.7 Å². The number of amides is 1. The quantitative estimate of drug-likeness (QED) is 0.232. The lowest BCUT2D eigenvalue weighted by molar-refractivity contribution is 0.0778. The maximum Gasteiger partial charge on any atom is 0.263 e. The molecule has 0 bridgehead atoms. The largest absolute Gasteiger partial charge is 0.374 e. The van der Waals surface area contributed by atoms with Crippen LogP contribution < -0.4 is 14.8 Å². The minimum absolute atomic E-state index is 0.124. The van der Waals surface area contributed by atoms with E-state index in [2.05, 4.69) is 80.9 Å². The van der Waals surface area contributed by atoms with Crippen LogP contribution in [0.1, 0.15) is 49.4 Å². The summed E-state index contributed by atoms with van der Waals surface area (Å²) in [5, 5.41) is 2.49. The summed E-state index contributed by atoms with van der Waals surface area (Å²) in [6, 6.07) is 15.8. The monoisotopic (exact) mass is 518 g/mol. The van der Waals surface area contributed by atoms with Gasteiger partial charge in [0.15, 0.2) is 0 Å². The SMILES string of the molecule is CCN(CC)C(=O)c1ccc(-c2c3ccc(=[N+](C)C)cc-3sc3cc4c(cc23)C(C)(C)CCN4C)s1. The number of thiophene rings is 1. The summed E-state index contributed by atoms with van der Waals surface area (Å²) in [6.45, 7) is 11.3. The second-order valence-electron chi connectivity index (χ2n) is 10.6. The van der Waals surface area contributed by atoms with Gasteiger partial charge in [0, 0.05) is 75.5 Å². The minimum Gasteiger partial charge on any atom is -0.374 e. The molecule has 2 aromatic rings. The first-order valence-corrected chi connectivity index (χ1v) is 14.4. The molecule has 0 atom stereocenters. The standard InChI is InChI=1S/C30H36N3OS2/c1-8-33(9-2)29(34)25-13-12-24(35-25)28-20-11-10-19(31(5)6)16-26(20)36-27-18-23-22(17-21(27)28)30(3,4)14-15-32(23)7/h10-13,16-18H,8-9,14-15H2,1-7H3/q+1. The van der Waals surface area contributed by atoms with Crippen molar-refractivity contribution >= 4 is 44.4 Å². The molecule has 0 saturated heterocycles. The number of anilines is 1. The molecule has 0 radical (unpaired) electrons. The topological polar surface area (TPSA) is 26.6 Å². The van der Waals surface area contributed by atoms with E-state index in [4.69, 9.17) is 0 Å². The van der Waals surface area contributed by atoms with Crippen molar-refractivity contribution in [3.05, 3.63) is 58.3 Å². The lowest BCUT2D eigenvalue weighted by Crippen LogP contribution is -2.34. The molecule has 0 spiro atoms. The highest BCUT2D eigenvalue weighted by Crippen LogP contribution is 2.49. The van der Waals surface area contributed by atoms with Crippen LogP contribution in [0, 0.1) is 0 Å². The number of nitrogens with zero attached hydrogens (tertiary/aromatic N) is 3. The van der Waals surface area contributed by atoms with E-state index in [1.807, 2.05) is 36.2 Å². The molecule has 0 N–H and O–H groups in total. The fraction of sp³-hybridized carbons (Fsp3) is 0.400. The van der Waals surface area contributed by atoms with Crippen LogP contribution in [0.4, 0.5) is 5.69 Å². The van der Waals surface area contributed by atoms with Crippen LogP contribution in [0.5, 0.6) is 0 Å². The molecule has 0 saturated carbocycles. The van der Waals surface area contributed by atoms with Gasteiger partial charge < -0.3 is 9.80 Å². The summed E-state index contributed by atoms with van der Waals surface area (Å²) in [5.74, 6) is 0.124. The van der Waals surface area contributed by atoms with E-state index in [1.54, 1.807) is 11.3 Å². The molecule has 2 aliphatic heterocycles. The van der Waals surface area contributed by atoms with Crippen LogP contribution >= 0.6 is 22.7 Å². The number of fused-ring (bicyclic) bond motifs is 3. The van der Waals surface area contributed by atoms with Crippen molar-refractivity contribution in [3.8, 4) is 20.9 Å². The number of rotatable bonds is 4. The third kappa shape index (κ3) is 4.14. The number of hydrogen-bond donors (Lipinski definition) is 0. The Bertz CT molecular complexity index is 1500. The van der Waals surface area contributed by atoms with E-state index in [1.165, 1.54) is 42.7 Å². The summed E-state index contributed by atoms with van der Waals surface area (Å²) in [6.07, 6.45) is 1.14.